The number of alkyl halides is 2. The molecule has 128 valence electrons. The highest BCUT2D eigenvalue weighted by Gasteiger charge is 2.27. The number of nitrogens with one attached hydrogen (secondary N) is 1. The molecule has 1 aromatic carbocycles. The maximum atomic E-state index is 12.4. The summed E-state index contributed by atoms with van der Waals surface area (Å²) in [5.74, 6) is -4.86. The predicted molar refractivity (Wildman–Crippen MR) is 77.8 cm³/mol. The summed E-state index contributed by atoms with van der Waals surface area (Å²) >= 11 is 0. The van der Waals surface area contributed by atoms with E-state index in [0.717, 1.165) is 30.7 Å². The van der Waals surface area contributed by atoms with Crippen LogP contribution in [0.25, 0.3) is 0 Å². The normalized spacial score (nSPS) is 12.7. The van der Waals surface area contributed by atoms with Crippen LogP contribution in [0, 0.1) is 0 Å². The highest BCUT2D eigenvalue weighted by Crippen LogP contribution is 2.19. The minimum absolute atomic E-state index is 0.0478. The van der Waals surface area contributed by atoms with Crippen molar-refractivity contribution in [1.82, 2.24) is 5.32 Å². The first-order chi connectivity index (χ1) is 10.7. The molecule has 0 heterocycles. The van der Waals surface area contributed by atoms with Gasteiger partial charge in [0.15, 0.2) is 6.10 Å². The topological polar surface area (TPSA) is 89.5 Å². The third-order valence-corrected chi connectivity index (χ3v) is 4.25. The van der Waals surface area contributed by atoms with Gasteiger partial charge in [-0.3, -0.25) is 4.79 Å². The predicted octanol–water partition coefficient (Wildman–Crippen LogP) is 1.75. The highest BCUT2D eigenvalue weighted by molar-refractivity contribution is 7.91. The number of amides is 1. The van der Waals surface area contributed by atoms with Crippen LogP contribution in [0.5, 0.6) is 0 Å². The Balaban J connectivity index is 2.77. The van der Waals surface area contributed by atoms with Crippen molar-refractivity contribution < 1.29 is 31.5 Å². The van der Waals surface area contributed by atoms with Gasteiger partial charge in [0.2, 0.25) is 9.84 Å². The minimum Gasteiger partial charge on any atom is -0.449 e. The van der Waals surface area contributed by atoms with Crippen LogP contribution in [0.4, 0.5) is 8.78 Å². The van der Waals surface area contributed by atoms with Crippen LogP contribution in [0.15, 0.2) is 29.2 Å². The van der Waals surface area contributed by atoms with Crippen molar-refractivity contribution in [2.75, 3.05) is 6.54 Å². The minimum atomic E-state index is -4.72. The average Bonchev–Trinajstić information content (AvgIpc) is 2.52. The van der Waals surface area contributed by atoms with Crippen LogP contribution in [-0.2, 0) is 19.4 Å². The van der Waals surface area contributed by atoms with Gasteiger partial charge in [-0.1, -0.05) is 6.92 Å². The van der Waals surface area contributed by atoms with Crippen LogP contribution in [0.1, 0.15) is 30.6 Å². The number of carbonyl (C=O) groups excluding carboxylic acids is 2. The zero-order valence-electron chi connectivity index (χ0n) is 12.6. The van der Waals surface area contributed by atoms with Gasteiger partial charge in [-0.15, -0.1) is 0 Å². The molecule has 1 N–H and O–H groups in total. The Morgan fingerprint density at radius 1 is 1.22 bits per heavy atom. The third-order valence-electron chi connectivity index (χ3n) is 2.86. The number of rotatable bonds is 7. The summed E-state index contributed by atoms with van der Waals surface area (Å²) in [4.78, 5) is 22.8. The Morgan fingerprint density at radius 2 is 1.78 bits per heavy atom. The third kappa shape index (κ3) is 4.98. The second kappa shape index (κ2) is 8.00. The van der Waals surface area contributed by atoms with Crippen molar-refractivity contribution in [3.05, 3.63) is 29.8 Å². The van der Waals surface area contributed by atoms with Crippen LogP contribution < -0.4 is 5.32 Å². The zero-order valence-corrected chi connectivity index (χ0v) is 13.4. The van der Waals surface area contributed by atoms with Crippen LogP contribution >= 0.6 is 0 Å². The van der Waals surface area contributed by atoms with E-state index in [1.807, 2.05) is 6.92 Å². The number of ether oxygens (including phenoxy) is 1. The second-order valence-corrected chi connectivity index (χ2v) is 6.59. The SMILES string of the molecule is CCCNC(=O)[C@H](C)OC(=O)c1ccc(S(=O)(=O)C(F)F)cc1. The fourth-order valence-corrected chi connectivity index (χ4v) is 2.28. The van der Waals surface area contributed by atoms with Crippen LogP contribution in [0.3, 0.4) is 0 Å². The molecule has 1 rings (SSSR count). The van der Waals surface area contributed by atoms with Crippen molar-refractivity contribution in [1.29, 1.82) is 0 Å². The summed E-state index contributed by atoms with van der Waals surface area (Å²) < 4.78 is 52.2. The smallest absolute Gasteiger partial charge is 0.341 e. The largest absolute Gasteiger partial charge is 0.449 e. The van der Waals surface area contributed by atoms with Crippen molar-refractivity contribution in [2.45, 2.75) is 37.0 Å². The number of sulfone groups is 1. The van der Waals surface area contributed by atoms with Gasteiger partial charge in [-0.05, 0) is 37.6 Å². The van der Waals surface area contributed by atoms with Gasteiger partial charge < -0.3 is 10.1 Å². The van der Waals surface area contributed by atoms with Gasteiger partial charge in [-0.2, -0.15) is 8.78 Å². The molecular formula is C14H17F2NO5S. The van der Waals surface area contributed by atoms with E-state index in [2.05, 4.69) is 5.32 Å². The molecule has 0 spiro atoms. The van der Waals surface area contributed by atoms with Gasteiger partial charge in [0.1, 0.15) is 0 Å². The van der Waals surface area contributed by atoms with Crippen LogP contribution in [-0.4, -0.2) is 38.7 Å². The fraction of sp³-hybridized carbons (Fsp3) is 0.429. The van der Waals surface area contributed by atoms with Crippen molar-refractivity contribution in [3.8, 4) is 0 Å². The molecule has 0 saturated carbocycles. The molecule has 0 unspecified atom stereocenters. The van der Waals surface area contributed by atoms with Gasteiger partial charge in [-0.25, -0.2) is 13.2 Å². The molecule has 0 fully saturated rings. The van der Waals surface area contributed by atoms with E-state index in [1.165, 1.54) is 6.92 Å². The molecule has 1 amide bonds. The first-order valence-electron chi connectivity index (χ1n) is 6.81. The van der Waals surface area contributed by atoms with Crippen LogP contribution in [0.2, 0.25) is 0 Å². The molecule has 9 heteroatoms. The number of benzene rings is 1. The van der Waals surface area contributed by atoms with Gasteiger partial charge in [0, 0.05) is 6.54 Å². The average molecular weight is 349 g/mol. The van der Waals surface area contributed by atoms with E-state index >= 15 is 0 Å². The molecule has 0 aliphatic heterocycles. The molecule has 0 aliphatic carbocycles. The summed E-state index contributed by atoms with van der Waals surface area (Å²) in [6.07, 6.45) is -0.300. The molecule has 1 atom stereocenters. The van der Waals surface area contributed by atoms with E-state index in [1.54, 1.807) is 0 Å². The molecule has 0 aliphatic rings. The quantitative estimate of drug-likeness (QED) is 0.758. The zero-order chi connectivity index (χ0) is 17.6. The summed E-state index contributed by atoms with van der Waals surface area (Å²) in [6.45, 7) is 3.70. The van der Waals surface area contributed by atoms with E-state index in [4.69, 9.17) is 4.74 Å². The molecule has 6 nitrogen and oxygen atoms in total. The van der Waals surface area contributed by atoms with E-state index < -0.39 is 38.5 Å². The Labute approximate surface area is 132 Å². The first kappa shape index (κ1) is 19.0. The monoisotopic (exact) mass is 349 g/mol. The Bertz CT molecular complexity index is 658. The molecule has 0 radical (unpaired) electrons. The summed E-state index contributed by atoms with van der Waals surface area (Å²) in [5, 5.41) is 2.55. The van der Waals surface area contributed by atoms with Gasteiger partial charge >= 0.3 is 11.7 Å². The Hall–Kier alpha value is -2.03. The lowest BCUT2D eigenvalue weighted by atomic mass is 10.2. The summed E-state index contributed by atoms with van der Waals surface area (Å²) in [5.41, 5.74) is -0.0478. The van der Waals surface area contributed by atoms with Crippen molar-refractivity contribution in [2.24, 2.45) is 0 Å². The number of hydrogen-bond acceptors (Lipinski definition) is 5. The summed E-state index contributed by atoms with van der Waals surface area (Å²) in [6, 6.07) is 3.88. The molecule has 1 aromatic rings. The summed E-state index contributed by atoms with van der Waals surface area (Å²) in [7, 11) is -4.72. The Morgan fingerprint density at radius 3 is 2.26 bits per heavy atom. The lowest BCUT2D eigenvalue weighted by molar-refractivity contribution is -0.129. The van der Waals surface area contributed by atoms with Crippen molar-refractivity contribution in [3.63, 3.8) is 0 Å². The van der Waals surface area contributed by atoms with Gasteiger partial charge in [0.05, 0.1) is 10.5 Å². The lowest BCUT2D eigenvalue weighted by Crippen LogP contribution is -2.36. The number of esters is 1. The maximum Gasteiger partial charge on any atom is 0.341 e. The molecule has 0 bridgehead atoms. The van der Waals surface area contributed by atoms with E-state index in [0.29, 0.717) is 6.54 Å². The molecule has 23 heavy (non-hydrogen) atoms. The highest BCUT2D eigenvalue weighted by atomic mass is 32.2. The lowest BCUT2D eigenvalue weighted by Gasteiger charge is -2.13. The first-order valence-corrected chi connectivity index (χ1v) is 8.35. The number of hydrogen-bond donors (Lipinski definition) is 1. The molecular weight excluding hydrogens is 332 g/mol. The van der Waals surface area contributed by atoms with Crippen molar-refractivity contribution >= 4 is 21.7 Å². The number of carbonyl (C=O) groups is 2. The molecule has 0 aromatic heterocycles. The van der Waals surface area contributed by atoms with E-state index in [9.17, 15) is 26.8 Å². The maximum absolute atomic E-state index is 12.4. The number of halogens is 2. The Kier molecular flexibility index (Phi) is 6.62. The molecule has 0 saturated heterocycles. The second-order valence-electron chi connectivity index (χ2n) is 4.67. The van der Waals surface area contributed by atoms with Gasteiger partial charge in [0.25, 0.3) is 5.91 Å². The fourth-order valence-electron chi connectivity index (χ4n) is 1.56. The standard InChI is InChI=1S/C14H17F2NO5S/c1-3-8-17-12(18)9(2)22-13(19)10-4-6-11(7-5-10)23(20,21)14(15)16/h4-7,9,14H,3,8H2,1-2H3,(H,17,18)/t9-/m0/s1. The van der Waals surface area contributed by atoms with E-state index in [-0.39, 0.29) is 5.56 Å².